The second kappa shape index (κ2) is 3.48. The Kier molecular flexibility index (Phi) is 1.98. The van der Waals surface area contributed by atoms with Gasteiger partial charge in [0.2, 0.25) is 0 Å². The van der Waals surface area contributed by atoms with Gasteiger partial charge < -0.3 is 10.3 Å². The molecule has 2 aromatic heterocycles. The van der Waals surface area contributed by atoms with Crippen LogP contribution in [-0.4, -0.2) is 20.7 Å². The molecule has 0 aliphatic rings. The number of nitrogens with zero attached hydrogens (tertiary/aromatic N) is 2. The van der Waals surface area contributed by atoms with Gasteiger partial charge in [-0.2, -0.15) is 5.10 Å². The molecule has 3 aromatic rings. The first-order valence-corrected chi connectivity index (χ1v) is 5.16. The largest absolute Gasteiger partial charge is 0.366 e. The summed E-state index contributed by atoms with van der Waals surface area (Å²) in [5.74, 6) is -0.431. The molecule has 0 radical (unpaired) electrons. The zero-order valence-corrected chi connectivity index (χ0v) is 8.92. The van der Waals surface area contributed by atoms with E-state index in [2.05, 4.69) is 10.2 Å². The molecule has 0 atom stereocenters. The molecule has 0 fully saturated rings. The molecule has 5 nitrogen and oxygen atoms in total. The van der Waals surface area contributed by atoms with Gasteiger partial charge in [0.15, 0.2) is 0 Å². The smallest absolute Gasteiger partial charge is 0.250 e. The standard InChI is InChI=1S/C12H10N4O/c13-12(17)10-3-1-2-8-4-5-16(11(8)10)9-6-14-15-7-9/h1-7H,(H2,13,17)(H,14,15). The van der Waals surface area contributed by atoms with Crippen molar-refractivity contribution in [3.05, 3.63) is 48.4 Å². The Labute approximate surface area is 96.9 Å². The van der Waals surface area contributed by atoms with Crippen LogP contribution in [0, 0.1) is 0 Å². The molecule has 0 unspecified atom stereocenters. The average Bonchev–Trinajstić information content (AvgIpc) is 2.96. The van der Waals surface area contributed by atoms with Crippen LogP contribution in [0.25, 0.3) is 16.6 Å². The van der Waals surface area contributed by atoms with Crippen LogP contribution < -0.4 is 5.73 Å². The molecule has 1 aromatic carbocycles. The van der Waals surface area contributed by atoms with Gasteiger partial charge in [-0.25, -0.2) is 0 Å². The number of aromatic nitrogens is 3. The van der Waals surface area contributed by atoms with Crippen molar-refractivity contribution in [2.75, 3.05) is 0 Å². The fourth-order valence-corrected chi connectivity index (χ4v) is 1.98. The van der Waals surface area contributed by atoms with Crippen LogP contribution in [0.4, 0.5) is 0 Å². The molecule has 2 heterocycles. The Morgan fingerprint density at radius 2 is 2.24 bits per heavy atom. The average molecular weight is 226 g/mol. The predicted octanol–water partition coefficient (Wildman–Crippen LogP) is 1.45. The molecule has 0 aliphatic heterocycles. The van der Waals surface area contributed by atoms with E-state index in [4.69, 9.17) is 5.73 Å². The lowest BCUT2D eigenvalue weighted by Gasteiger charge is -2.05. The normalized spacial score (nSPS) is 10.8. The van der Waals surface area contributed by atoms with Gasteiger partial charge in [0, 0.05) is 17.8 Å². The van der Waals surface area contributed by atoms with E-state index in [9.17, 15) is 4.79 Å². The first-order chi connectivity index (χ1) is 8.27. The van der Waals surface area contributed by atoms with E-state index in [0.717, 1.165) is 16.6 Å². The Morgan fingerprint density at radius 3 is 2.94 bits per heavy atom. The monoisotopic (exact) mass is 226 g/mol. The molecule has 0 saturated carbocycles. The Hall–Kier alpha value is -2.56. The molecular formula is C12H10N4O. The van der Waals surface area contributed by atoms with E-state index in [1.165, 1.54) is 0 Å². The summed E-state index contributed by atoms with van der Waals surface area (Å²) in [6.07, 6.45) is 5.34. The first-order valence-electron chi connectivity index (χ1n) is 5.16. The second-order valence-electron chi connectivity index (χ2n) is 3.75. The summed E-state index contributed by atoms with van der Waals surface area (Å²) in [6.45, 7) is 0. The maximum Gasteiger partial charge on any atom is 0.250 e. The lowest BCUT2D eigenvalue weighted by atomic mass is 10.1. The van der Waals surface area contributed by atoms with E-state index in [1.54, 1.807) is 18.5 Å². The van der Waals surface area contributed by atoms with Gasteiger partial charge in [0.25, 0.3) is 5.91 Å². The molecule has 0 spiro atoms. The Bertz CT molecular complexity index is 682. The topological polar surface area (TPSA) is 76.7 Å². The number of carbonyl (C=O) groups excluding carboxylic acids is 1. The molecule has 3 N–H and O–H groups in total. The molecule has 17 heavy (non-hydrogen) atoms. The van der Waals surface area contributed by atoms with Crippen molar-refractivity contribution in [1.29, 1.82) is 0 Å². The maximum atomic E-state index is 11.4. The minimum absolute atomic E-state index is 0.431. The number of aromatic amines is 1. The Morgan fingerprint density at radius 1 is 1.35 bits per heavy atom. The van der Waals surface area contributed by atoms with Crippen molar-refractivity contribution < 1.29 is 4.79 Å². The van der Waals surface area contributed by atoms with Crippen molar-refractivity contribution >= 4 is 16.8 Å². The first kappa shape index (κ1) is 9.65. The minimum Gasteiger partial charge on any atom is -0.366 e. The maximum absolute atomic E-state index is 11.4. The second-order valence-corrected chi connectivity index (χ2v) is 3.75. The quantitative estimate of drug-likeness (QED) is 0.693. The number of para-hydroxylation sites is 1. The zero-order chi connectivity index (χ0) is 11.8. The lowest BCUT2D eigenvalue weighted by Crippen LogP contribution is -2.12. The molecule has 0 saturated heterocycles. The van der Waals surface area contributed by atoms with E-state index < -0.39 is 5.91 Å². The summed E-state index contributed by atoms with van der Waals surface area (Å²) < 4.78 is 1.89. The fraction of sp³-hybridized carbons (Fsp3) is 0. The van der Waals surface area contributed by atoms with E-state index >= 15 is 0 Å². The summed E-state index contributed by atoms with van der Waals surface area (Å²) in [6, 6.07) is 7.43. The highest BCUT2D eigenvalue weighted by Crippen LogP contribution is 2.23. The van der Waals surface area contributed by atoms with Crippen molar-refractivity contribution in [2.24, 2.45) is 5.73 Å². The molecule has 3 rings (SSSR count). The number of benzene rings is 1. The molecule has 84 valence electrons. The van der Waals surface area contributed by atoms with Crippen molar-refractivity contribution in [3.8, 4) is 5.69 Å². The number of fused-ring (bicyclic) bond motifs is 1. The highest BCUT2D eigenvalue weighted by atomic mass is 16.1. The number of amides is 1. The lowest BCUT2D eigenvalue weighted by molar-refractivity contribution is 0.100. The minimum atomic E-state index is -0.431. The van der Waals surface area contributed by atoms with E-state index in [-0.39, 0.29) is 0 Å². The molecule has 0 aliphatic carbocycles. The van der Waals surface area contributed by atoms with Crippen LogP contribution in [0.5, 0.6) is 0 Å². The van der Waals surface area contributed by atoms with Gasteiger partial charge in [0.1, 0.15) is 0 Å². The van der Waals surface area contributed by atoms with Gasteiger partial charge in [-0.1, -0.05) is 12.1 Å². The van der Waals surface area contributed by atoms with Crippen LogP contribution in [0.1, 0.15) is 10.4 Å². The molecule has 5 heteroatoms. The highest BCUT2D eigenvalue weighted by molar-refractivity contribution is 6.05. The summed E-state index contributed by atoms with van der Waals surface area (Å²) >= 11 is 0. The predicted molar refractivity (Wildman–Crippen MR) is 63.9 cm³/mol. The third-order valence-corrected chi connectivity index (χ3v) is 2.74. The number of hydrogen-bond acceptors (Lipinski definition) is 2. The number of H-pyrrole nitrogens is 1. The van der Waals surface area contributed by atoms with Crippen molar-refractivity contribution in [2.45, 2.75) is 0 Å². The zero-order valence-electron chi connectivity index (χ0n) is 8.92. The summed E-state index contributed by atoms with van der Waals surface area (Å²) in [4.78, 5) is 11.4. The SMILES string of the molecule is NC(=O)c1cccc2ccn(-c3cn[nH]c3)c12. The summed E-state index contributed by atoms with van der Waals surface area (Å²) in [5.41, 5.74) is 7.57. The van der Waals surface area contributed by atoms with E-state index in [0.29, 0.717) is 5.56 Å². The molecule has 0 bridgehead atoms. The summed E-state index contributed by atoms with van der Waals surface area (Å²) in [7, 11) is 0. The van der Waals surface area contributed by atoms with Crippen LogP contribution in [0.3, 0.4) is 0 Å². The van der Waals surface area contributed by atoms with Gasteiger partial charge >= 0.3 is 0 Å². The number of carbonyl (C=O) groups is 1. The van der Waals surface area contributed by atoms with Crippen molar-refractivity contribution in [1.82, 2.24) is 14.8 Å². The number of nitrogens with two attached hydrogens (primary N) is 1. The molecular weight excluding hydrogens is 216 g/mol. The van der Waals surface area contributed by atoms with Crippen LogP contribution in [0.15, 0.2) is 42.9 Å². The molecule has 1 amide bonds. The van der Waals surface area contributed by atoms with Crippen molar-refractivity contribution in [3.63, 3.8) is 0 Å². The fourth-order valence-electron chi connectivity index (χ4n) is 1.98. The third kappa shape index (κ3) is 1.40. The summed E-state index contributed by atoms with van der Waals surface area (Å²) in [5, 5.41) is 7.62. The number of rotatable bonds is 2. The van der Waals surface area contributed by atoms with Crippen LogP contribution >= 0.6 is 0 Å². The van der Waals surface area contributed by atoms with Gasteiger partial charge in [-0.15, -0.1) is 0 Å². The van der Waals surface area contributed by atoms with Crippen LogP contribution in [-0.2, 0) is 0 Å². The Balaban J connectivity index is 2.37. The highest BCUT2D eigenvalue weighted by Gasteiger charge is 2.11. The number of nitrogens with one attached hydrogen (secondary N) is 1. The third-order valence-electron chi connectivity index (χ3n) is 2.74. The van der Waals surface area contributed by atoms with Crippen LogP contribution in [0.2, 0.25) is 0 Å². The van der Waals surface area contributed by atoms with Gasteiger partial charge in [-0.05, 0) is 12.1 Å². The number of primary amides is 1. The van der Waals surface area contributed by atoms with E-state index in [1.807, 2.05) is 29.0 Å². The van der Waals surface area contributed by atoms with Gasteiger partial charge in [-0.3, -0.25) is 9.89 Å². The number of hydrogen-bond donors (Lipinski definition) is 2. The van der Waals surface area contributed by atoms with Gasteiger partial charge in [0.05, 0.1) is 23.0 Å².